The third-order valence-electron chi connectivity index (χ3n) is 1.93. The van der Waals surface area contributed by atoms with Gasteiger partial charge in [-0.05, 0) is 12.1 Å². The normalized spacial score (nSPS) is 13.9. The number of hydrogen-bond acceptors (Lipinski definition) is 3. The molecule has 3 nitrogen and oxygen atoms in total. The Hall–Kier alpha value is -1.95. The Morgan fingerprint density at radius 1 is 1.29 bits per heavy atom. The Balaban J connectivity index is 2.41. The lowest BCUT2D eigenvalue weighted by Crippen LogP contribution is -2.15. The smallest absolute Gasteiger partial charge is 0.168 e. The predicted octanol–water partition coefficient (Wildman–Crippen LogP) is 1.99. The quantitative estimate of drug-likeness (QED) is 0.631. The van der Waals surface area contributed by atoms with Crippen molar-refractivity contribution in [2.45, 2.75) is 0 Å². The largest absolute Gasteiger partial charge is 0.486 e. The molecule has 2 rings (SSSR count). The van der Waals surface area contributed by atoms with Gasteiger partial charge < -0.3 is 9.47 Å². The molecule has 1 heterocycles. The lowest BCUT2D eigenvalue weighted by Gasteiger charge is -2.19. The maximum absolute atomic E-state index is 8.42. The first-order chi connectivity index (χ1) is 6.92. The molecule has 0 bridgehead atoms. The molecule has 0 saturated heterocycles. The van der Waals surface area contributed by atoms with Crippen LogP contribution in [0.5, 0.6) is 11.5 Å². The monoisotopic (exact) mass is 187 g/mol. The number of benzene rings is 1. The zero-order valence-corrected chi connectivity index (χ0v) is 7.56. The molecular formula is C11H9NO2. The third kappa shape index (κ3) is 1.55. The average molecular weight is 187 g/mol. The summed E-state index contributed by atoms with van der Waals surface area (Å²) in [6.07, 6.45) is 3.14. The lowest BCUT2D eigenvalue weighted by atomic mass is 10.1. The van der Waals surface area contributed by atoms with Crippen LogP contribution in [0.3, 0.4) is 0 Å². The summed E-state index contributed by atoms with van der Waals surface area (Å²) in [5.74, 6) is 1.47. The van der Waals surface area contributed by atoms with Crippen molar-refractivity contribution in [3.05, 3.63) is 29.8 Å². The molecule has 0 spiro atoms. The van der Waals surface area contributed by atoms with E-state index in [0.29, 0.717) is 13.2 Å². The number of rotatable bonds is 1. The van der Waals surface area contributed by atoms with E-state index in [1.165, 1.54) is 6.08 Å². The fourth-order valence-corrected chi connectivity index (χ4v) is 1.35. The summed E-state index contributed by atoms with van der Waals surface area (Å²) in [5.41, 5.74) is 0.878. The van der Waals surface area contributed by atoms with E-state index in [-0.39, 0.29) is 0 Å². The minimum Gasteiger partial charge on any atom is -0.486 e. The van der Waals surface area contributed by atoms with Crippen LogP contribution in [0.2, 0.25) is 0 Å². The Morgan fingerprint density at radius 3 is 3.00 bits per heavy atom. The van der Waals surface area contributed by atoms with Crippen LogP contribution in [-0.4, -0.2) is 13.2 Å². The summed E-state index contributed by atoms with van der Waals surface area (Å²) in [6, 6.07) is 7.58. The molecule has 0 radical (unpaired) electrons. The number of nitrogens with zero attached hydrogens (tertiary/aromatic N) is 1. The number of allylic oxidation sites excluding steroid dienone is 1. The lowest BCUT2D eigenvalue weighted by molar-refractivity contribution is 0.171. The molecule has 70 valence electrons. The SMILES string of the molecule is N#CC=Cc1cccc2c1OCCO2. The highest BCUT2D eigenvalue weighted by molar-refractivity contribution is 5.63. The molecule has 0 saturated carbocycles. The highest BCUT2D eigenvalue weighted by atomic mass is 16.6. The minimum absolute atomic E-state index is 0.560. The van der Waals surface area contributed by atoms with E-state index in [0.717, 1.165) is 17.1 Å². The van der Waals surface area contributed by atoms with Crippen molar-refractivity contribution < 1.29 is 9.47 Å². The van der Waals surface area contributed by atoms with Gasteiger partial charge in [-0.25, -0.2) is 0 Å². The minimum atomic E-state index is 0.560. The van der Waals surface area contributed by atoms with E-state index < -0.39 is 0 Å². The summed E-state index contributed by atoms with van der Waals surface area (Å²) in [5, 5.41) is 8.42. The van der Waals surface area contributed by atoms with Gasteiger partial charge in [-0.15, -0.1) is 0 Å². The third-order valence-corrected chi connectivity index (χ3v) is 1.93. The fraction of sp³-hybridized carbons (Fsp3) is 0.182. The van der Waals surface area contributed by atoms with Crippen molar-refractivity contribution in [1.82, 2.24) is 0 Å². The van der Waals surface area contributed by atoms with Crippen molar-refractivity contribution in [3.63, 3.8) is 0 Å². The van der Waals surface area contributed by atoms with Gasteiger partial charge >= 0.3 is 0 Å². The molecule has 1 aromatic carbocycles. The summed E-state index contributed by atoms with van der Waals surface area (Å²) in [6.45, 7) is 1.14. The van der Waals surface area contributed by atoms with Crippen LogP contribution in [0.4, 0.5) is 0 Å². The first-order valence-corrected chi connectivity index (χ1v) is 4.36. The van der Waals surface area contributed by atoms with Gasteiger partial charge in [0.25, 0.3) is 0 Å². The van der Waals surface area contributed by atoms with Crippen LogP contribution >= 0.6 is 0 Å². The summed E-state index contributed by atoms with van der Waals surface area (Å²) in [7, 11) is 0. The van der Waals surface area contributed by atoms with Gasteiger partial charge in [0.2, 0.25) is 0 Å². The van der Waals surface area contributed by atoms with Crippen LogP contribution in [0.1, 0.15) is 5.56 Å². The number of nitriles is 1. The van der Waals surface area contributed by atoms with Crippen molar-refractivity contribution in [1.29, 1.82) is 5.26 Å². The second-order valence-electron chi connectivity index (χ2n) is 2.83. The molecule has 1 aliphatic rings. The van der Waals surface area contributed by atoms with Gasteiger partial charge in [0, 0.05) is 11.6 Å². The fourth-order valence-electron chi connectivity index (χ4n) is 1.35. The molecule has 0 fully saturated rings. The zero-order valence-electron chi connectivity index (χ0n) is 7.56. The predicted molar refractivity (Wildman–Crippen MR) is 52.1 cm³/mol. The molecule has 3 heteroatoms. The van der Waals surface area contributed by atoms with E-state index in [1.54, 1.807) is 6.08 Å². The van der Waals surface area contributed by atoms with Crippen LogP contribution in [0.15, 0.2) is 24.3 Å². The second kappa shape index (κ2) is 3.84. The molecule has 0 amide bonds. The Bertz CT molecular complexity index is 404. The van der Waals surface area contributed by atoms with E-state index in [4.69, 9.17) is 14.7 Å². The van der Waals surface area contributed by atoms with Crippen molar-refractivity contribution >= 4 is 6.08 Å². The van der Waals surface area contributed by atoms with Gasteiger partial charge in [0.1, 0.15) is 13.2 Å². The molecule has 1 aliphatic heterocycles. The maximum atomic E-state index is 8.42. The zero-order chi connectivity index (χ0) is 9.80. The molecule has 1 aromatic rings. The van der Waals surface area contributed by atoms with Crippen molar-refractivity contribution in [3.8, 4) is 17.6 Å². The van der Waals surface area contributed by atoms with Crippen LogP contribution in [-0.2, 0) is 0 Å². The van der Waals surface area contributed by atoms with Crippen LogP contribution in [0.25, 0.3) is 6.08 Å². The molecule has 0 unspecified atom stereocenters. The average Bonchev–Trinajstić information content (AvgIpc) is 2.26. The Morgan fingerprint density at radius 2 is 2.14 bits per heavy atom. The molecule has 0 aliphatic carbocycles. The number of hydrogen-bond donors (Lipinski definition) is 0. The first kappa shape index (κ1) is 8.64. The molecule has 0 atom stereocenters. The standard InChI is InChI=1S/C11H9NO2/c12-6-2-4-9-3-1-5-10-11(9)14-8-7-13-10/h1-5H,7-8H2. The highest BCUT2D eigenvalue weighted by Gasteiger charge is 2.13. The number of fused-ring (bicyclic) bond motifs is 1. The van der Waals surface area contributed by atoms with Crippen molar-refractivity contribution in [2.75, 3.05) is 13.2 Å². The topological polar surface area (TPSA) is 42.2 Å². The molecular weight excluding hydrogens is 178 g/mol. The number of para-hydroxylation sites is 1. The Labute approximate surface area is 82.2 Å². The first-order valence-electron chi connectivity index (χ1n) is 4.36. The molecule has 14 heavy (non-hydrogen) atoms. The summed E-state index contributed by atoms with van der Waals surface area (Å²) < 4.78 is 10.9. The van der Waals surface area contributed by atoms with Gasteiger partial charge in [0.15, 0.2) is 11.5 Å². The summed E-state index contributed by atoms with van der Waals surface area (Å²) >= 11 is 0. The van der Waals surface area contributed by atoms with Crippen LogP contribution in [0, 0.1) is 11.3 Å². The molecule has 0 N–H and O–H groups in total. The molecule has 0 aromatic heterocycles. The second-order valence-corrected chi connectivity index (χ2v) is 2.83. The van der Waals surface area contributed by atoms with Gasteiger partial charge in [-0.2, -0.15) is 5.26 Å². The Kier molecular flexibility index (Phi) is 2.37. The van der Waals surface area contributed by atoms with E-state index >= 15 is 0 Å². The van der Waals surface area contributed by atoms with Gasteiger partial charge in [-0.3, -0.25) is 0 Å². The van der Waals surface area contributed by atoms with Gasteiger partial charge in [-0.1, -0.05) is 12.1 Å². The van der Waals surface area contributed by atoms with E-state index in [1.807, 2.05) is 24.3 Å². The van der Waals surface area contributed by atoms with Crippen LogP contribution < -0.4 is 9.47 Å². The highest BCUT2D eigenvalue weighted by Crippen LogP contribution is 2.34. The van der Waals surface area contributed by atoms with Gasteiger partial charge in [0.05, 0.1) is 6.07 Å². The van der Waals surface area contributed by atoms with E-state index in [9.17, 15) is 0 Å². The van der Waals surface area contributed by atoms with E-state index in [2.05, 4.69) is 0 Å². The maximum Gasteiger partial charge on any atom is 0.168 e. The van der Waals surface area contributed by atoms with Crippen molar-refractivity contribution in [2.24, 2.45) is 0 Å². The number of ether oxygens (including phenoxy) is 2. The summed E-state index contributed by atoms with van der Waals surface area (Å²) in [4.78, 5) is 0.